The Hall–Kier alpha value is -0.870. The van der Waals surface area contributed by atoms with Crippen molar-refractivity contribution >= 4 is 0 Å². The second kappa shape index (κ2) is 6.90. The fraction of sp³-hybridized carbons (Fsp3) is 0.786. The summed E-state index contributed by atoms with van der Waals surface area (Å²) < 4.78 is 2.07. The van der Waals surface area contributed by atoms with Crippen LogP contribution < -0.4 is 5.32 Å². The monoisotopic (exact) mass is 250 g/mol. The molecule has 0 amide bonds. The molecule has 1 aromatic rings. The Morgan fingerprint density at radius 1 is 1.33 bits per heavy atom. The summed E-state index contributed by atoms with van der Waals surface area (Å²) in [5.74, 6) is 0. The Kier molecular flexibility index (Phi) is 5.20. The lowest BCUT2D eigenvalue weighted by Crippen LogP contribution is -2.42. The van der Waals surface area contributed by atoms with Gasteiger partial charge in [0.05, 0.1) is 5.69 Å². The van der Waals surface area contributed by atoms with Crippen LogP contribution in [0.3, 0.4) is 0 Å². The number of nitrogens with one attached hydrogen (secondary N) is 1. The van der Waals surface area contributed by atoms with Gasteiger partial charge in [0.2, 0.25) is 0 Å². The van der Waals surface area contributed by atoms with E-state index in [9.17, 15) is 0 Å². The largest absolute Gasteiger partial charge is 0.308 e. The summed E-state index contributed by atoms with van der Waals surface area (Å²) in [5, 5.41) is 7.98. The molecule has 0 spiro atoms. The van der Waals surface area contributed by atoms with Gasteiger partial charge in [0.25, 0.3) is 0 Å². The van der Waals surface area contributed by atoms with E-state index in [1.54, 1.807) is 0 Å². The molecule has 0 bridgehead atoms. The van der Waals surface area contributed by atoms with Crippen molar-refractivity contribution in [1.82, 2.24) is 20.0 Å². The Balaban J connectivity index is 1.72. The summed E-state index contributed by atoms with van der Waals surface area (Å²) in [6, 6.07) is 2.79. The van der Waals surface area contributed by atoms with E-state index in [2.05, 4.69) is 39.9 Å². The van der Waals surface area contributed by atoms with Crippen molar-refractivity contribution in [3.63, 3.8) is 0 Å². The summed E-state index contributed by atoms with van der Waals surface area (Å²) in [6.45, 7) is 10.1. The maximum atomic E-state index is 4.30. The number of nitrogens with zero attached hydrogens (tertiary/aromatic N) is 3. The van der Waals surface area contributed by atoms with Gasteiger partial charge in [-0.25, -0.2) is 0 Å². The smallest absolute Gasteiger partial charge is 0.0522 e. The average Bonchev–Trinajstić information content (AvgIpc) is 2.86. The van der Waals surface area contributed by atoms with Crippen molar-refractivity contribution in [3.8, 4) is 0 Å². The number of hydrogen-bond acceptors (Lipinski definition) is 3. The van der Waals surface area contributed by atoms with E-state index >= 15 is 0 Å². The summed E-state index contributed by atoms with van der Waals surface area (Å²) in [5.41, 5.74) is 1.30. The van der Waals surface area contributed by atoms with Gasteiger partial charge in [-0.1, -0.05) is 6.92 Å². The van der Waals surface area contributed by atoms with E-state index < -0.39 is 0 Å². The lowest BCUT2D eigenvalue weighted by Gasteiger charge is -2.32. The fourth-order valence-corrected chi connectivity index (χ4v) is 2.72. The highest BCUT2D eigenvalue weighted by Crippen LogP contribution is 2.11. The van der Waals surface area contributed by atoms with Crippen LogP contribution in [0.15, 0.2) is 12.3 Å². The van der Waals surface area contributed by atoms with Gasteiger partial charge < -0.3 is 10.2 Å². The first-order valence-corrected chi connectivity index (χ1v) is 7.30. The molecule has 0 radical (unpaired) electrons. The molecule has 2 rings (SSSR count). The SMILES string of the molecule is CCCN1CCC(NCc2ccnn2CC)CC1. The molecule has 4 heteroatoms. The summed E-state index contributed by atoms with van der Waals surface area (Å²) in [4.78, 5) is 2.58. The third-order valence-electron chi connectivity index (χ3n) is 3.80. The van der Waals surface area contributed by atoms with Gasteiger partial charge >= 0.3 is 0 Å². The van der Waals surface area contributed by atoms with Crippen LogP contribution in [0, 0.1) is 0 Å². The quantitative estimate of drug-likeness (QED) is 0.836. The van der Waals surface area contributed by atoms with Gasteiger partial charge in [0, 0.05) is 25.3 Å². The molecule has 0 aliphatic carbocycles. The van der Waals surface area contributed by atoms with E-state index in [4.69, 9.17) is 0 Å². The van der Waals surface area contributed by atoms with Crippen molar-refractivity contribution < 1.29 is 0 Å². The van der Waals surface area contributed by atoms with Crippen molar-refractivity contribution in [2.45, 2.75) is 52.2 Å². The third-order valence-corrected chi connectivity index (χ3v) is 3.80. The lowest BCUT2D eigenvalue weighted by molar-refractivity contribution is 0.197. The highest BCUT2D eigenvalue weighted by atomic mass is 15.3. The summed E-state index contributed by atoms with van der Waals surface area (Å²) in [7, 11) is 0. The summed E-state index contributed by atoms with van der Waals surface area (Å²) >= 11 is 0. The zero-order chi connectivity index (χ0) is 12.8. The maximum Gasteiger partial charge on any atom is 0.0522 e. The van der Waals surface area contributed by atoms with Crippen LogP contribution in [-0.4, -0.2) is 40.4 Å². The molecule has 0 atom stereocenters. The van der Waals surface area contributed by atoms with Crippen LogP contribution >= 0.6 is 0 Å². The topological polar surface area (TPSA) is 33.1 Å². The van der Waals surface area contributed by atoms with E-state index in [0.29, 0.717) is 6.04 Å². The van der Waals surface area contributed by atoms with Gasteiger partial charge in [0.1, 0.15) is 0 Å². The van der Waals surface area contributed by atoms with Crippen LogP contribution in [0.5, 0.6) is 0 Å². The lowest BCUT2D eigenvalue weighted by atomic mass is 10.0. The second-order valence-electron chi connectivity index (χ2n) is 5.14. The van der Waals surface area contributed by atoms with Crippen molar-refractivity contribution in [2.24, 2.45) is 0 Å². The van der Waals surface area contributed by atoms with E-state index in [1.165, 1.54) is 44.6 Å². The van der Waals surface area contributed by atoms with Crippen molar-refractivity contribution in [3.05, 3.63) is 18.0 Å². The molecule has 2 heterocycles. The molecule has 1 aliphatic heterocycles. The molecule has 1 fully saturated rings. The predicted molar refractivity (Wildman–Crippen MR) is 74.5 cm³/mol. The van der Waals surface area contributed by atoms with Crippen LogP contribution in [0.4, 0.5) is 0 Å². The molecular formula is C14H26N4. The molecule has 1 aliphatic rings. The highest BCUT2D eigenvalue weighted by molar-refractivity contribution is 5.00. The van der Waals surface area contributed by atoms with E-state index in [-0.39, 0.29) is 0 Å². The molecule has 1 N–H and O–H groups in total. The fourth-order valence-electron chi connectivity index (χ4n) is 2.72. The highest BCUT2D eigenvalue weighted by Gasteiger charge is 2.18. The first kappa shape index (κ1) is 13.6. The minimum Gasteiger partial charge on any atom is -0.308 e. The molecule has 0 aromatic carbocycles. The van der Waals surface area contributed by atoms with Gasteiger partial charge in [0.15, 0.2) is 0 Å². The van der Waals surface area contributed by atoms with Crippen molar-refractivity contribution in [2.75, 3.05) is 19.6 Å². The Morgan fingerprint density at radius 2 is 2.11 bits per heavy atom. The second-order valence-corrected chi connectivity index (χ2v) is 5.14. The first-order valence-electron chi connectivity index (χ1n) is 7.30. The number of likely N-dealkylation sites (tertiary alicyclic amines) is 1. The van der Waals surface area contributed by atoms with Gasteiger partial charge in [-0.15, -0.1) is 0 Å². The van der Waals surface area contributed by atoms with Crippen LogP contribution in [0.2, 0.25) is 0 Å². The Bertz CT molecular complexity index is 339. The number of aromatic nitrogens is 2. The molecule has 1 saturated heterocycles. The number of aryl methyl sites for hydroxylation is 1. The van der Waals surface area contributed by atoms with Crippen LogP contribution in [-0.2, 0) is 13.1 Å². The zero-order valence-corrected chi connectivity index (χ0v) is 11.7. The minimum absolute atomic E-state index is 0.679. The normalized spacial score (nSPS) is 18.3. The van der Waals surface area contributed by atoms with Gasteiger partial charge in [-0.2, -0.15) is 5.10 Å². The molecule has 102 valence electrons. The van der Waals surface area contributed by atoms with E-state index in [1.807, 2.05) is 6.20 Å². The van der Waals surface area contributed by atoms with Crippen LogP contribution in [0.1, 0.15) is 38.8 Å². The standard InChI is InChI=1S/C14H26N4/c1-3-9-17-10-6-13(7-11-17)15-12-14-5-8-16-18(14)4-2/h5,8,13,15H,3-4,6-7,9-12H2,1-2H3. The molecule has 4 nitrogen and oxygen atoms in total. The molecule has 18 heavy (non-hydrogen) atoms. The average molecular weight is 250 g/mol. The molecule has 0 saturated carbocycles. The molecular weight excluding hydrogens is 224 g/mol. The number of rotatable bonds is 6. The predicted octanol–water partition coefficient (Wildman–Crippen LogP) is 1.87. The number of piperidine rings is 1. The van der Waals surface area contributed by atoms with Gasteiger partial charge in [-0.05, 0) is 51.9 Å². The summed E-state index contributed by atoms with van der Waals surface area (Å²) in [6.07, 6.45) is 5.72. The van der Waals surface area contributed by atoms with E-state index in [0.717, 1.165) is 13.1 Å². The third kappa shape index (κ3) is 3.56. The Morgan fingerprint density at radius 3 is 2.78 bits per heavy atom. The van der Waals surface area contributed by atoms with Crippen molar-refractivity contribution in [1.29, 1.82) is 0 Å². The zero-order valence-electron chi connectivity index (χ0n) is 11.7. The van der Waals surface area contributed by atoms with Gasteiger partial charge in [-0.3, -0.25) is 4.68 Å². The molecule has 1 aromatic heterocycles. The van der Waals surface area contributed by atoms with Crippen LogP contribution in [0.25, 0.3) is 0 Å². The minimum atomic E-state index is 0.679. The number of hydrogen-bond donors (Lipinski definition) is 1. The Labute approximate surface area is 110 Å². The first-order chi connectivity index (χ1) is 8.83. The molecule has 0 unspecified atom stereocenters. The maximum absolute atomic E-state index is 4.30.